The quantitative estimate of drug-likeness (QED) is 0.319. The number of fused-ring (bicyclic) bond motifs is 1. The molecule has 0 saturated carbocycles. The number of imide groups is 1. The zero-order valence-corrected chi connectivity index (χ0v) is 20.2. The molecule has 10 heteroatoms. The summed E-state index contributed by atoms with van der Waals surface area (Å²) in [5.41, 5.74) is 4.21. The Morgan fingerprint density at radius 1 is 1.15 bits per heavy atom. The van der Waals surface area contributed by atoms with Gasteiger partial charge in [0.05, 0.1) is 22.3 Å². The number of nitrogens with zero attached hydrogens (tertiary/aromatic N) is 3. The SMILES string of the molecule is CCC1(C)NC(=O)N(NC(=O)CSc2nc3ccccc3c(=O)n2-c2ccc(C)cc2C)C1=O. The van der Waals surface area contributed by atoms with Gasteiger partial charge in [0.2, 0.25) is 5.91 Å². The molecule has 2 aromatic carbocycles. The number of para-hydroxylation sites is 1. The first kappa shape index (κ1) is 23.5. The van der Waals surface area contributed by atoms with Crippen molar-refractivity contribution in [2.24, 2.45) is 0 Å². The van der Waals surface area contributed by atoms with Crippen LogP contribution in [0.5, 0.6) is 0 Å². The maximum atomic E-state index is 13.4. The molecule has 34 heavy (non-hydrogen) atoms. The number of urea groups is 1. The summed E-state index contributed by atoms with van der Waals surface area (Å²) in [7, 11) is 0. The molecule has 4 rings (SSSR count). The zero-order valence-electron chi connectivity index (χ0n) is 19.3. The number of thioether (sulfide) groups is 1. The van der Waals surface area contributed by atoms with Gasteiger partial charge < -0.3 is 5.32 Å². The Labute approximate surface area is 200 Å². The van der Waals surface area contributed by atoms with Gasteiger partial charge in [0, 0.05) is 0 Å². The summed E-state index contributed by atoms with van der Waals surface area (Å²) in [6.45, 7) is 7.26. The standard InChI is InChI=1S/C24H25N5O4S/c1-5-24(4)21(32)29(22(33)26-24)27-19(30)13-34-23-25-17-9-7-6-8-16(17)20(31)28(23)18-11-10-14(2)12-15(18)3/h6-12H,5,13H2,1-4H3,(H,26,33)(H,27,30). The number of carbonyl (C=O) groups excluding carboxylic acids is 3. The first-order valence-corrected chi connectivity index (χ1v) is 11.8. The lowest BCUT2D eigenvalue weighted by atomic mass is 10.00. The Morgan fingerprint density at radius 2 is 1.88 bits per heavy atom. The van der Waals surface area contributed by atoms with Crippen LogP contribution in [0.15, 0.2) is 52.4 Å². The number of rotatable bonds is 6. The lowest BCUT2D eigenvalue weighted by Crippen LogP contribution is -2.49. The lowest BCUT2D eigenvalue weighted by molar-refractivity contribution is -0.137. The monoisotopic (exact) mass is 479 g/mol. The average molecular weight is 480 g/mol. The maximum Gasteiger partial charge on any atom is 0.344 e. The van der Waals surface area contributed by atoms with Gasteiger partial charge in [-0.25, -0.2) is 9.78 Å². The van der Waals surface area contributed by atoms with Crippen LogP contribution in [0.4, 0.5) is 4.79 Å². The van der Waals surface area contributed by atoms with Crippen LogP contribution in [0.1, 0.15) is 31.4 Å². The van der Waals surface area contributed by atoms with Gasteiger partial charge in [0.25, 0.3) is 11.5 Å². The molecular formula is C24H25N5O4S. The fourth-order valence-electron chi connectivity index (χ4n) is 3.79. The van der Waals surface area contributed by atoms with E-state index in [1.54, 1.807) is 38.1 Å². The summed E-state index contributed by atoms with van der Waals surface area (Å²) < 4.78 is 1.50. The smallest absolute Gasteiger partial charge is 0.322 e. The highest BCUT2D eigenvalue weighted by molar-refractivity contribution is 7.99. The van der Waals surface area contributed by atoms with Crippen molar-refractivity contribution >= 4 is 40.5 Å². The van der Waals surface area contributed by atoms with E-state index in [4.69, 9.17) is 0 Å². The Hall–Kier alpha value is -3.66. The molecule has 2 heterocycles. The van der Waals surface area contributed by atoms with Crippen LogP contribution < -0.4 is 16.3 Å². The zero-order chi connectivity index (χ0) is 24.6. The third kappa shape index (κ3) is 4.16. The van der Waals surface area contributed by atoms with Crippen LogP contribution >= 0.6 is 11.8 Å². The van der Waals surface area contributed by atoms with Crippen molar-refractivity contribution in [2.45, 2.75) is 44.8 Å². The molecule has 1 aliphatic heterocycles. The molecule has 0 radical (unpaired) electrons. The fourth-order valence-corrected chi connectivity index (χ4v) is 4.59. The maximum absolute atomic E-state index is 13.4. The van der Waals surface area contributed by atoms with E-state index in [0.29, 0.717) is 33.2 Å². The van der Waals surface area contributed by atoms with E-state index >= 15 is 0 Å². The minimum absolute atomic E-state index is 0.157. The van der Waals surface area contributed by atoms with Crippen molar-refractivity contribution < 1.29 is 14.4 Å². The van der Waals surface area contributed by atoms with Crippen LogP contribution in [0, 0.1) is 13.8 Å². The van der Waals surface area contributed by atoms with Gasteiger partial charge in [-0.15, -0.1) is 0 Å². The van der Waals surface area contributed by atoms with Crippen molar-refractivity contribution in [3.63, 3.8) is 0 Å². The van der Waals surface area contributed by atoms with Crippen molar-refractivity contribution in [1.82, 2.24) is 25.3 Å². The van der Waals surface area contributed by atoms with E-state index in [9.17, 15) is 19.2 Å². The predicted molar refractivity (Wildman–Crippen MR) is 130 cm³/mol. The summed E-state index contributed by atoms with van der Waals surface area (Å²) in [5, 5.41) is 4.09. The largest absolute Gasteiger partial charge is 0.344 e. The molecule has 1 unspecified atom stereocenters. The van der Waals surface area contributed by atoms with Crippen LogP contribution in [0.2, 0.25) is 0 Å². The molecule has 0 aliphatic carbocycles. The number of carbonyl (C=O) groups is 3. The number of aromatic nitrogens is 2. The van der Waals surface area contributed by atoms with E-state index in [1.807, 2.05) is 32.0 Å². The van der Waals surface area contributed by atoms with Crippen LogP contribution in [0.25, 0.3) is 16.6 Å². The van der Waals surface area contributed by atoms with Crippen molar-refractivity contribution in [3.8, 4) is 5.69 Å². The third-order valence-corrected chi connectivity index (χ3v) is 6.81. The number of hydrogen-bond acceptors (Lipinski definition) is 6. The molecule has 1 aliphatic rings. The first-order chi connectivity index (χ1) is 16.1. The van der Waals surface area contributed by atoms with Gasteiger partial charge in [-0.1, -0.05) is 48.5 Å². The van der Waals surface area contributed by atoms with E-state index in [2.05, 4.69) is 15.7 Å². The second-order valence-corrected chi connectivity index (χ2v) is 9.36. The molecule has 1 saturated heterocycles. The Bertz CT molecular complexity index is 1390. The number of hydrogen-bond donors (Lipinski definition) is 2. The van der Waals surface area contributed by atoms with Crippen LogP contribution in [-0.4, -0.2) is 43.7 Å². The summed E-state index contributed by atoms with van der Waals surface area (Å²) in [4.78, 5) is 55.4. The molecule has 1 fully saturated rings. The van der Waals surface area contributed by atoms with Crippen molar-refractivity contribution in [1.29, 1.82) is 0 Å². The number of benzene rings is 2. The highest BCUT2D eigenvalue weighted by Gasteiger charge is 2.47. The van der Waals surface area contributed by atoms with E-state index in [0.717, 1.165) is 22.9 Å². The number of amides is 4. The number of hydrazine groups is 1. The summed E-state index contributed by atoms with van der Waals surface area (Å²) in [6, 6.07) is 12.1. The molecule has 1 aromatic heterocycles. The minimum atomic E-state index is -1.05. The number of nitrogens with one attached hydrogen (secondary N) is 2. The molecule has 4 amide bonds. The number of aryl methyl sites for hydroxylation is 2. The molecule has 0 bridgehead atoms. The average Bonchev–Trinajstić information content (AvgIpc) is 3.02. The molecule has 176 valence electrons. The fraction of sp³-hybridized carbons (Fsp3) is 0.292. The third-order valence-electron chi connectivity index (χ3n) is 5.88. The van der Waals surface area contributed by atoms with Gasteiger partial charge in [0.15, 0.2) is 5.16 Å². The highest BCUT2D eigenvalue weighted by atomic mass is 32.2. The van der Waals surface area contributed by atoms with Gasteiger partial charge in [-0.3, -0.25) is 24.4 Å². The molecule has 2 N–H and O–H groups in total. The molecular weight excluding hydrogens is 454 g/mol. The van der Waals surface area contributed by atoms with E-state index < -0.39 is 23.4 Å². The van der Waals surface area contributed by atoms with Crippen molar-refractivity contribution in [3.05, 3.63) is 63.9 Å². The normalized spacial score (nSPS) is 17.8. The summed E-state index contributed by atoms with van der Waals surface area (Å²) in [6.07, 6.45) is 0.391. The van der Waals surface area contributed by atoms with Crippen LogP contribution in [-0.2, 0) is 9.59 Å². The lowest BCUT2D eigenvalue weighted by Gasteiger charge is -2.19. The van der Waals surface area contributed by atoms with Gasteiger partial charge in [-0.2, -0.15) is 5.01 Å². The minimum Gasteiger partial charge on any atom is -0.322 e. The van der Waals surface area contributed by atoms with Crippen LogP contribution in [0.3, 0.4) is 0 Å². The summed E-state index contributed by atoms with van der Waals surface area (Å²) in [5.74, 6) is -1.24. The second-order valence-electron chi connectivity index (χ2n) is 8.42. The molecule has 9 nitrogen and oxygen atoms in total. The summed E-state index contributed by atoms with van der Waals surface area (Å²) >= 11 is 1.05. The Kier molecular flexibility index (Phi) is 6.18. The first-order valence-electron chi connectivity index (χ1n) is 10.8. The predicted octanol–water partition coefficient (Wildman–Crippen LogP) is 2.85. The van der Waals surface area contributed by atoms with Gasteiger partial charge in [-0.05, 0) is 51.0 Å². The molecule has 1 atom stereocenters. The molecule has 0 spiro atoms. The second kappa shape index (κ2) is 8.94. The van der Waals surface area contributed by atoms with Gasteiger partial charge >= 0.3 is 6.03 Å². The van der Waals surface area contributed by atoms with E-state index in [-0.39, 0.29) is 11.3 Å². The topological polar surface area (TPSA) is 113 Å². The van der Waals surface area contributed by atoms with Crippen molar-refractivity contribution in [2.75, 3.05) is 5.75 Å². The molecule has 3 aromatic rings. The van der Waals surface area contributed by atoms with Gasteiger partial charge in [0.1, 0.15) is 5.54 Å². The Morgan fingerprint density at radius 3 is 2.56 bits per heavy atom. The van der Waals surface area contributed by atoms with E-state index in [1.165, 1.54) is 4.57 Å². The Balaban J connectivity index is 1.64. The highest BCUT2D eigenvalue weighted by Crippen LogP contribution is 2.24.